The van der Waals surface area contributed by atoms with Crippen molar-refractivity contribution in [2.45, 2.75) is 13.0 Å². The number of nitrogens with zero attached hydrogens (tertiary/aromatic N) is 1. The molecular weight excluding hydrogens is 306 g/mol. The second-order valence-corrected chi connectivity index (χ2v) is 4.98. The van der Waals surface area contributed by atoms with Gasteiger partial charge in [0.1, 0.15) is 0 Å². The highest BCUT2D eigenvalue weighted by Crippen LogP contribution is 2.15. The van der Waals surface area contributed by atoms with Gasteiger partial charge in [-0.25, -0.2) is 0 Å². The lowest BCUT2D eigenvalue weighted by Gasteiger charge is -2.07. The number of pyridine rings is 1. The number of nitrogens with one attached hydrogen (secondary N) is 1. The van der Waals surface area contributed by atoms with Gasteiger partial charge in [0.25, 0.3) is 0 Å². The minimum atomic E-state index is -0.0620. The van der Waals surface area contributed by atoms with Crippen LogP contribution in [0.2, 0.25) is 0 Å². The zero-order valence-corrected chi connectivity index (χ0v) is 11.9. The fraction of sp³-hybridized carbons (Fsp3) is 0.143. The number of nitrogens with two attached hydrogens (primary N) is 1. The Morgan fingerprint density at radius 1 is 1.26 bits per heavy atom. The first-order chi connectivity index (χ1) is 9.15. The number of aromatic nitrogens is 1. The summed E-state index contributed by atoms with van der Waals surface area (Å²) in [7, 11) is 0. The molecule has 2 rings (SSSR count). The first kappa shape index (κ1) is 13.5. The quantitative estimate of drug-likeness (QED) is 0.908. The highest BCUT2D eigenvalue weighted by atomic mass is 79.9. The third-order valence-corrected chi connectivity index (χ3v) is 3.40. The van der Waals surface area contributed by atoms with Crippen LogP contribution in [0.5, 0.6) is 0 Å². The molecule has 1 aromatic heterocycles. The van der Waals surface area contributed by atoms with E-state index in [-0.39, 0.29) is 12.3 Å². The Balaban J connectivity index is 1.88. The van der Waals surface area contributed by atoms with Crippen LogP contribution < -0.4 is 11.1 Å². The fourth-order valence-corrected chi connectivity index (χ4v) is 2.03. The summed E-state index contributed by atoms with van der Waals surface area (Å²) in [6.07, 6.45) is 1.81. The van der Waals surface area contributed by atoms with Crippen LogP contribution in [-0.4, -0.2) is 10.9 Å². The largest absolute Gasteiger partial charge is 0.397 e. The molecule has 0 atom stereocenters. The van der Waals surface area contributed by atoms with E-state index in [2.05, 4.69) is 26.2 Å². The number of hydrogen-bond acceptors (Lipinski definition) is 3. The molecule has 19 heavy (non-hydrogen) atoms. The van der Waals surface area contributed by atoms with Crippen molar-refractivity contribution < 1.29 is 4.79 Å². The standard InChI is InChI=1S/C14H14BrN3O/c15-13-4-2-1-3-10(13)8-18-14(19)7-12-6-5-11(16)9-17-12/h1-6,9H,7-8,16H2,(H,18,19). The predicted molar refractivity (Wildman–Crippen MR) is 78.3 cm³/mol. The number of rotatable bonds is 4. The van der Waals surface area contributed by atoms with Crippen LogP contribution in [-0.2, 0) is 17.8 Å². The van der Waals surface area contributed by atoms with Crippen molar-refractivity contribution in [3.05, 3.63) is 58.3 Å². The number of carbonyl (C=O) groups excluding carboxylic acids is 1. The first-order valence-electron chi connectivity index (χ1n) is 5.85. The fourth-order valence-electron chi connectivity index (χ4n) is 1.60. The van der Waals surface area contributed by atoms with Crippen LogP contribution in [0, 0.1) is 0 Å². The Morgan fingerprint density at radius 2 is 2.05 bits per heavy atom. The second kappa shape index (κ2) is 6.33. The molecule has 5 heteroatoms. The first-order valence-corrected chi connectivity index (χ1v) is 6.65. The molecule has 0 aliphatic rings. The van der Waals surface area contributed by atoms with Gasteiger partial charge in [0, 0.05) is 16.7 Å². The summed E-state index contributed by atoms with van der Waals surface area (Å²) in [5.41, 5.74) is 7.89. The smallest absolute Gasteiger partial charge is 0.226 e. The molecule has 0 spiro atoms. The molecule has 1 heterocycles. The summed E-state index contributed by atoms with van der Waals surface area (Å²) in [6, 6.07) is 11.3. The summed E-state index contributed by atoms with van der Waals surface area (Å²) in [5, 5.41) is 2.86. The summed E-state index contributed by atoms with van der Waals surface area (Å²) in [4.78, 5) is 15.9. The minimum absolute atomic E-state index is 0.0620. The van der Waals surface area contributed by atoms with Crippen molar-refractivity contribution in [1.82, 2.24) is 10.3 Å². The third-order valence-electron chi connectivity index (χ3n) is 2.62. The molecule has 0 aliphatic heterocycles. The van der Waals surface area contributed by atoms with Crippen molar-refractivity contribution in [1.29, 1.82) is 0 Å². The normalized spacial score (nSPS) is 10.2. The molecule has 1 aromatic carbocycles. The Kier molecular flexibility index (Phi) is 4.52. The maximum absolute atomic E-state index is 11.8. The van der Waals surface area contributed by atoms with Crippen molar-refractivity contribution in [3.63, 3.8) is 0 Å². The Hall–Kier alpha value is -1.88. The number of anilines is 1. The molecule has 1 amide bonds. The van der Waals surface area contributed by atoms with Gasteiger partial charge < -0.3 is 11.1 Å². The van der Waals surface area contributed by atoms with Gasteiger partial charge in [0.05, 0.1) is 18.3 Å². The zero-order valence-electron chi connectivity index (χ0n) is 10.3. The van der Waals surface area contributed by atoms with Gasteiger partial charge in [-0.15, -0.1) is 0 Å². The van der Waals surface area contributed by atoms with E-state index >= 15 is 0 Å². The number of benzene rings is 1. The molecular formula is C14H14BrN3O. The van der Waals surface area contributed by atoms with Crippen LogP contribution in [0.25, 0.3) is 0 Å². The van der Waals surface area contributed by atoms with E-state index < -0.39 is 0 Å². The van der Waals surface area contributed by atoms with Crippen LogP contribution in [0.1, 0.15) is 11.3 Å². The minimum Gasteiger partial charge on any atom is -0.397 e. The molecule has 98 valence electrons. The summed E-state index contributed by atoms with van der Waals surface area (Å²) >= 11 is 3.44. The Morgan fingerprint density at radius 3 is 2.74 bits per heavy atom. The molecule has 0 radical (unpaired) electrons. The van der Waals surface area contributed by atoms with E-state index in [1.807, 2.05) is 24.3 Å². The van der Waals surface area contributed by atoms with Crippen molar-refractivity contribution in [2.75, 3.05) is 5.73 Å². The van der Waals surface area contributed by atoms with E-state index in [4.69, 9.17) is 5.73 Å². The lowest BCUT2D eigenvalue weighted by Crippen LogP contribution is -2.25. The van der Waals surface area contributed by atoms with E-state index in [9.17, 15) is 4.79 Å². The summed E-state index contributed by atoms with van der Waals surface area (Å²) < 4.78 is 0.987. The second-order valence-electron chi connectivity index (χ2n) is 4.13. The SMILES string of the molecule is Nc1ccc(CC(=O)NCc2ccccc2Br)nc1. The van der Waals surface area contributed by atoms with Crippen LogP contribution >= 0.6 is 15.9 Å². The van der Waals surface area contributed by atoms with E-state index in [1.165, 1.54) is 0 Å². The maximum atomic E-state index is 11.8. The number of hydrogen-bond donors (Lipinski definition) is 2. The average molecular weight is 320 g/mol. The number of nitrogen functional groups attached to an aromatic ring is 1. The van der Waals surface area contributed by atoms with Gasteiger partial charge in [-0.1, -0.05) is 34.1 Å². The molecule has 4 nitrogen and oxygen atoms in total. The monoisotopic (exact) mass is 319 g/mol. The molecule has 0 fully saturated rings. The van der Waals surface area contributed by atoms with Gasteiger partial charge >= 0.3 is 0 Å². The van der Waals surface area contributed by atoms with Crippen molar-refractivity contribution >= 4 is 27.5 Å². The lowest BCUT2D eigenvalue weighted by atomic mass is 10.2. The van der Waals surface area contributed by atoms with Gasteiger partial charge in [0.15, 0.2) is 0 Å². The van der Waals surface area contributed by atoms with Crippen LogP contribution in [0.4, 0.5) is 5.69 Å². The molecule has 2 aromatic rings. The molecule has 3 N–H and O–H groups in total. The Labute approximate surface area is 120 Å². The Bertz CT molecular complexity index is 569. The van der Waals surface area contributed by atoms with Gasteiger partial charge in [0.2, 0.25) is 5.91 Å². The summed E-state index contributed by atoms with van der Waals surface area (Å²) in [6.45, 7) is 0.495. The van der Waals surface area contributed by atoms with E-state index in [0.29, 0.717) is 17.9 Å². The molecule has 0 saturated heterocycles. The molecule has 0 unspecified atom stereocenters. The average Bonchev–Trinajstić information content (AvgIpc) is 2.40. The van der Waals surface area contributed by atoms with E-state index in [1.54, 1.807) is 18.3 Å². The number of halogens is 1. The van der Waals surface area contributed by atoms with Crippen molar-refractivity contribution in [2.24, 2.45) is 0 Å². The molecule has 0 saturated carbocycles. The highest BCUT2D eigenvalue weighted by Gasteiger charge is 2.05. The van der Waals surface area contributed by atoms with Crippen molar-refractivity contribution in [3.8, 4) is 0 Å². The van der Waals surface area contributed by atoms with Crippen LogP contribution in [0.15, 0.2) is 47.1 Å². The third kappa shape index (κ3) is 4.06. The maximum Gasteiger partial charge on any atom is 0.226 e. The summed E-state index contributed by atoms with van der Waals surface area (Å²) in [5.74, 6) is -0.0620. The van der Waals surface area contributed by atoms with Gasteiger partial charge in [-0.05, 0) is 23.8 Å². The molecule has 0 bridgehead atoms. The molecule has 0 aliphatic carbocycles. The van der Waals surface area contributed by atoms with E-state index in [0.717, 1.165) is 10.0 Å². The van der Waals surface area contributed by atoms with Gasteiger partial charge in [-0.3, -0.25) is 9.78 Å². The topological polar surface area (TPSA) is 68.0 Å². The van der Waals surface area contributed by atoms with Crippen LogP contribution in [0.3, 0.4) is 0 Å². The van der Waals surface area contributed by atoms with Gasteiger partial charge in [-0.2, -0.15) is 0 Å². The zero-order chi connectivity index (χ0) is 13.7. The predicted octanol–water partition coefficient (Wildman–Crippen LogP) is 2.29. The number of amides is 1. The lowest BCUT2D eigenvalue weighted by molar-refractivity contribution is -0.120. The highest BCUT2D eigenvalue weighted by molar-refractivity contribution is 9.10. The number of carbonyl (C=O) groups is 1.